The molecule has 0 aliphatic heterocycles. The third-order valence-electron chi connectivity index (χ3n) is 2.84. The summed E-state index contributed by atoms with van der Waals surface area (Å²) < 4.78 is 6.58. The molecule has 0 aliphatic carbocycles. The van der Waals surface area contributed by atoms with Crippen LogP contribution in [0.1, 0.15) is 6.92 Å². The number of thiophene rings is 1. The van der Waals surface area contributed by atoms with Crippen molar-refractivity contribution in [3.05, 3.63) is 29.3 Å². The van der Waals surface area contributed by atoms with Crippen LogP contribution in [0, 0.1) is 0 Å². The number of hydrazine groups is 1. The maximum absolute atomic E-state index is 11.5. The number of fused-ring (bicyclic) bond motifs is 1. The van der Waals surface area contributed by atoms with Gasteiger partial charge in [-0.15, -0.1) is 21.5 Å². The van der Waals surface area contributed by atoms with Crippen LogP contribution in [0.2, 0.25) is 5.02 Å². The van der Waals surface area contributed by atoms with Crippen LogP contribution >= 0.6 is 34.7 Å². The molecule has 0 aliphatic rings. The summed E-state index contributed by atoms with van der Waals surface area (Å²) in [5.41, 5.74) is 4.45. The summed E-state index contributed by atoms with van der Waals surface area (Å²) in [5.74, 6) is -0.393. The number of halogens is 1. The number of rotatable bonds is 4. The smallest absolute Gasteiger partial charge is 0.277 e. The third-order valence-corrected chi connectivity index (χ3v) is 5.32. The Hall–Kier alpha value is -2.10. The van der Waals surface area contributed by atoms with Crippen molar-refractivity contribution in [2.75, 3.05) is 5.75 Å². The van der Waals surface area contributed by atoms with Gasteiger partial charge < -0.3 is 4.42 Å². The minimum atomic E-state index is -0.380. The fourth-order valence-electron chi connectivity index (χ4n) is 1.83. The Labute approximate surface area is 149 Å². The van der Waals surface area contributed by atoms with Gasteiger partial charge in [-0.1, -0.05) is 41.6 Å². The van der Waals surface area contributed by atoms with Gasteiger partial charge in [-0.2, -0.15) is 0 Å². The van der Waals surface area contributed by atoms with Gasteiger partial charge in [0.25, 0.3) is 11.1 Å². The van der Waals surface area contributed by atoms with Crippen LogP contribution in [0.15, 0.2) is 33.9 Å². The van der Waals surface area contributed by atoms with Crippen molar-refractivity contribution in [3.63, 3.8) is 0 Å². The van der Waals surface area contributed by atoms with E-state index in [1.54, 1.807) is 0 Å². The lowest BCUT2D eigenvalue weighted by Crippen LogP contribution is -2.41. The van der Waals surface area contributed by atoms with Crippen LogP contribution in [-0.2, 0) is 9.59 Å². The molecule has 0 bridgehead atoms. The Balaban J connectivity index is 1.70. The highest BCUT2D eigenvalue weighted by Gasteiger charge is 2.18. The number of nitrogens with one attached hydrogen (secondary N) is 2. The van der Waals surface area contributed by atoms with E-state index in [0.717, 1.165) is 21.8 Å². The van der Waals surface area contributed by atoms with Gasteiger partial charge in [0.05, 0.1) is 10.8 Å². The molecule has 10 heteroatoms. The summed E-state index contributed by atoms with van der Waals surface area (Å²) in [6.45, 7) is 1.30. The van der Waals surface area contributed by atoms with Gasteiger partial charge in [0.15, 0.2) is 0 Å². The zero-order valence-electron chi connectivity index (χ0n) is 12.3. The first-order valence-electron chi connectivity index (χ1n) is 6.73. The number of hydrogen-bond donors (Lipinski definition) is 2. The molecule has 0 radical (unpaired) electrons. The summed E-state index contributed by atoms with van der Waals surface area (Å²) in [5, 5.41) is 9.63. The number of aromatic nitrogens is 2. The lowest BCUT2D eigenvalue weighted by molar-refractivity contribution is -0.126. The molecule has 0 fully saturated rings. The maximum atomic E-state index is 11.5. The minimum Gasteiger partial charge on any atom is -0.410 e. The molecule has 3 rings (SSSR count). The summed E-state index contributed by atoms with van der Waals surface area (Å²) in [4.78, 5) is 22.9. The second-order valence-corrected chi connectivity index (χ2v) is 6.99. The Morgan fingerprint density at radius 2 is 2.08 bits per heavy atom. The van der Waals surface area contributed by atoms with Gasteiger partial charge in [0, 0.05) is 17.0 Å². The zero-order chi connectivity index (χ0) is 17.1. The molecule has 3 aromatic rings. The SMILES string of the molecule is CC(=O)NNC(=O)CSc1nnc(-c2sc3ccccc3c2Cl)o1. The second kappa shape index (κ2) is 7.20. The number of nitrogens with zero attached hydrogens (tertiary/aromatic N) is 2. The summed E-state index contributed by atoms with van der Waals surface area (Å²) in [6, 6.07) is 7.74. The highest BCUT2D eigenvalue weighted by Crippen LogP contribution is 2.41. The molecule has 24 heavy (non-hydrogen) atoms. The van der Waals surface area contributed by atoms with Crippen LogP contribution in [0.4, 0.5) is 0 Å². The molecule has 0 spiro atoms. The average molecular weight is 383 g/mol. The highest BCUT2D eigenvalue weighted by atomic mass is 35.5. The predicted molar refractivity (Wildman–Crippen MR) is 92.8 cm³/mol. The van der Waals surface area contributed by atoms with Crippen molar-refractivity contribution in [1.29, 1.82) is 0 Å². The van der Waals surface area contributed by atoms with E-state index in [0.29, 0.717) is 15.8 Å². The van der Waals surface area contributed by atoms with Gasteiger partial charge in [-0.25, -0.2) is 0 Å². The Kier molecular flexibility index (Phi) is 5.03. The first-order valence-corrected chi connectivity index (χ1v) is 8.91. The lowest BCUT2D eigenvalue weighted by Gasteiger charge is -2.02. The molecule has 0 saturated carbocycles. The van der Waals surface area contributed by atoms with Crippen molar-refractivity contribution in [2.24, 2.45) is 0 Å². The van der Waals surface area contributed by atoms with E-state index in [-0.39, 0.29) is 22.8 Å². The van der Waals surface area contributed by atoms with E-state index in [1.807, 2.05) is 24.3 Å². The van der Waals surface area contributed by atoms with Crippen molar-refractivity contribution >= 4 is 56.6 Å². The molecular formula is C14H11ClN4O3S2. The number of carbonyl (C=O) groups is 2. The molecule has 2 N–H and O–H groups in total. The summed E-state index contributed by atoms with van der Waals surface area (Å²) in [6.07, 6.45) is 0. The van der Waals surface area contributed by atoms with Crippen molar-refractivity contribution in [1.82, 2.24) is 21.0 Å². The van der Waals surface area contributed by atoms with Crippen molar-refractivity contribution in [2.45, 2.75) is 12.1 Å². The minimum absolute atomic E-state index is 0.0298. The second-order valence-electron chi connectivity index (χ2n) is 4.63. The molecule has 0 saturated heterocycles. The van der Waals surface area contributed by atoms with E-state index in [1.165, 1.54) is 18.3 Å². The fourth-order valence-corrected chi connectivity index (χ4v) is 3.83. The molecule has 1 aromatic carbocycles. The maximum Gasteiger partial charge on any atom is 0.277 e. The molecular weight excluding hydrogens is 372 g/mol. The third kappa shape index (κ3) is 3.69. The number of benzene rings is 1. The average Bonchev–Trinajstić information content (AvgIpc) is 3.16. The molecule has 0 atom stereocenters. The number of hydrogen-bond acceptors (Lipinski definition) is 7. The topological polar surface area (TPSA) is 97.1 Å². The summed E-state index contributed by atoms with van der Waals surface area (Å²) >= 11 is 8.90. The molecule has 0 unspecified atom stereocenters. The number of amides is 2. The zero-order valence-corrected chi connectivity index (χ0v) is 14.7. The Morgan fingerprint density at radius 1 is 1.29 bits per heavy atom. The van der Waals surface area contributed by atoms with Crippen LogP contribution < -0.4 is 10.9 Å². The predicted octanol–water partition coefficient (Wildman–Crippen LogP) is 2.86. The standard InChI is InChI=1S/C14H11ClN4O3S2/c1-7(20)16-17-10(21)6-23-14-19-18-13(22-14)12-11(15)8-4-2-3-5-9(8)24-12/h2-5H,6H2,1H3,(H,16,20)(H,17,21). The fraction of sp³-hybridized carbons (Fsp3) is 0.143. The van der Waals surface area contributed by atoms with E-state index in [4.69, 9.17) is 16.0 Å². The normalized spacial score (nSPS) is 10.8. The van der Waals surface area contributed by atoms with Gasteiger partial charge >= 0.3 is 0 Å². The van der Waals surface area contributed by atoms with Crippen LogP contribution in [0.25, 0.3) is 20.9 Å². The Morgan fingerprint density at radius 3 is 2.83 bits per heavy atom. The first kappa shape index (κ1) is 16.7. The van der Waals surface area contributed by atoms with Crippen molar-refractivity contribution < 1.29 is 14.0 Å². The summed E-state index contributed by atoms with van der Waals surface area (Å²) in [7, 11) is 0. The number of carbonyl (C=O) groups excluding carboxylic acids is 2. The molecule has 7 nitrogen and oxygen atoms in total. The molecule has 2 aromatic heterocycles. The van der Waals surface area contributed by atoms with Crippen LogP contribution in [0.3, 0.4) is 0 Å². The van der Waals surface area contributed by atoms with E-state index in [2.05, 4.69) is 21.0 Å². The Bertz CT molecular complexity index is 908. The lowest BCUT2D eigenvalue weighted by atomic mass is 10.2. The number of thioether (sulfide) groups is 1. The largest absolute Gasteiger partial charge is 0.410 e. The monoisotopic (exact) mass is 382 g/mol. The van der Waals surface area contributed by atoms with Crippen LogP contribution in [-0.4, -0.2) is 27.8 Å². The van der Waals surface area contributed by atoms with E-state index >= 15 is 0 Å². The highest BCUT2D eigenvalue weighted by molar-refractivity contribution is 7.99. The molecule has 124 valence electrons. The van der Waals surface area contributed by atoms with E-state index < -0.39 is 0 Å². The molecule has 2 amide bonds. The van der Waals surface area contributed by atoms with Gasteiger partial charge in [-0.05, 0) is 6.07 Å². The molecule has 2 heterocycles. The van der Waals surface area contributed by atoms with Gasteiger partial charge in [0.1, 0.15) is 4.88 Å². The van der Waals surface area contributed by atoms with Crippen LogP contribution in [0.5, 0.6) is 0 Å². The first-order chi connectivity index (χ1) is 11.5. The quantitative estimate of drug-likeness (QED) is 0.532. The van der Waals surface area contributed by atoms with Crippen molar-refractivity contribution in [3.8, 4) is 10.8 Å². The van der Waals surface area contributed by atoms with Gasteiger partial charge in [0.2, 0.25) is 11.8 Å². The van der Waals surface area contributed by atoms with Gasteiger partial charge in [-0.3, -0.25) is 20.4 Å². The van der Waals surface area contributed by atoms with E-state index in [9.17, 15) is 9.59 Å².